The van der Waals surface area contributed by atoms with Gasteiger partial charge in [-0.1, -0.05) is 0 Å². The molecule has 1 N–H and O–H groups in total. The van der Waals surface area contributed by atoms with Crippen molar-refractivity contribution in [2.45, 2.75) is 31.6 Å². The van der Waals surface area contributed by atoms with Gasteiger partial charge in [-0.15, -0.1) is 0 Å². The predicted octanol–water partition coefficient (Wildman–Crippen LogP) is 3.28. The molecule has 1 aromatic heterocycles. The lowest BCUT2D eigenvalue weighted by molar-refractivity contribution is -0.141. The minimum absolute atomic E-state index is 0.276. The Morgan fingerprint density at radius 3 is 2.62 bits per heavy atom. The average Bonchev–Trinajstić information content (AvgIpc) is 3.08. The van der Waals surface area contributed by atoms with Gasteiger partial charge in [0.15, 0.2) is 5.69 Å². The quantitative estimate of drug-likeness (QED) is 0.878. The molecule has 3 nitrogen and oxygen atoms in total. The van der Waals surface area contributed by atoms with Crippen molar-refractivity contribution in [2.75, 3.05) is 0 Å². The van der Waals surface area contributed by atoms with Crippen LogP contribution in [0.1, 0.15) is 24.1 Å². The van der Waals surface area contributed by atoms with E-state index in [0.717, 1.165) is 29.7 Å². The number of nitrogens with zero attached hydrogens (tertiary/aromatic N) is 2. The van der Waals surface area contributed by atoms with Crippen LogP contribution in [-0.2, 0) is 12.7 Å². The minimum Gasteiger partial charge on any atom is -0.310 e. The third-order valence-electron chi connectivity index (χ3n) is 3.26. The highest BCUT2D eigenvalue weighted by atomic mass is 19.4. The summed E-state index contributed by atoms with van der Waals surface area (Å²) in [4.78, 5) is 0. The first-order chi connectivity index (χ1) is 9.91. The van der Waals surface area contributed by atoms with Gasteiger partial charge < -0.3 is 5.32 Å². The Bertz CT molecular complexity index is 644. The molecule has 1 aromatic carbocycles. The highest BCUT2D eigenvalue weighted by Crippen LogP contribution is 2.28. The van der Waals surface area contributed by atoms with Gasteiger partial charge >= 0.3 is 6.18 Å². The summed E-state index contributed by atoms with van der Waals surface area (Å²) in [5, 5.41) is 6.68. The van der Waals surface area contributed by atoms with Crippen molar-refractivity contribution < 1.29 is 17.6 Å². The number of hydrogen-bond acceptors (Lipinski definition) is 2. The number of hydrogen-bond donors (Lipinski definition) is 1. The van der Waals surface area contributed by atoms with E-state index in [0.29, 0.717) is 18.2 Å². The van der Waals surface area contributed by atoms with Gasteiger partial charge in [-0.2, -0.15) is 18.3 Å². The molecule has 21 heavy (non-hydrogen) atoms. The van der Waals surface area contributed by atoms with Gasteiger partial charge in [-0.25, -0.2) is 9.07 Å². The third kappa shape index (κ3) is 3.41. The Morgan fingerprint density at radius 2 is 2.00 bits per heavy atom. The first-order valence-corrected chi connectivity index (χ1v) is 6.58. The highest BCUT2D eigenvalue weighted by molar-refractivity contribution is 5.36. The first-order valence-electron chi connectivity index (χ1n) is 6.58. The molecule has 0 aliphatic heterocycles. The van der Waals surface area contributed by atoms with E-state index in [1.54, 1.807) is 6.07 Å². The molecule has 3 rings (SSSR count). The molecule has 0 bridgehead atoms. The topological polar surface area (TPSA) is 29.9 Å². The smallest absolute Gasteiger partial charge is 0.310 e. The maximum atomic E-state index is 13.6. The van der Waals surface area contributed by atoms with Crippen LogP contribution in [0.4, 0.5) is 17.6 Å². The van der Waals surface area contributed by atoms with E-state index in [1.165, 1.54) is 12.3 Å². The molecule has 0 unspecified atom stereocenters. The zero-order valence-electron chi connectivity index (χ0n) is 11.0. The van der Waals surface area contributed by atoms with Crippen LogP contribution in [0.25, 0.3) is 5.69 Å². The van der Waals surface area contributed by atoms with Crippen LogP contribution in [0.2, 0.25) is 0 Å². The molecule has 0 spiro atoms. The molecular formula is C14H13F4N3. The molecule has 1 fully saturated rings. The van der Waals surface area contributed by atoms with E-state index >= 15 is 0 Å². The summed E-state index contributed by atoms with van der Waals surface area (Å²) in [6, 6.07) is 5.50. The lowest BCUT2D eigenvalue weighted by atomic mass is 10.2. The molecular weight excluding hydrogens is 286 g/mol. The van der Waals surface area contributed by atoms with Crippen molar-refractivity contribution in [3.63, 3.8) is 0 Å². The van der Waals surface area contributed by atoms with Gasteiger partial charge in [-0.05, 0) is 42.7 Å². The number of alkyl halides is 3. The SMILES string of the molecule is Fc1cc(CNC2CC2)cc(-n2ccc(C(F)(F)F)n2)c1. The molecule has 0 atom stereocenters. The van der Waals surface area contributed by atoms with Gasteiger partial charge in [0, 0.05) is 18.8 Å². The zero-order valence-corrected chi connectivity index (χ0v) is 11.0. The summed E-state index contributed by atoms with van der Waals surface area (Å²) < 4.78 is 52.2. The van der Waals surface area contributed by atoms with Gasteiger partial charge in [0.05, 0.1) is 5.69 Å². The van der Waals surface area contributed by atoms with Gasteiger partial charge in [-0.3, -0.25) is 0 Å². The fourth-order valence-corrected chi connectivity index (χ4v) is 2.04. The zero-order chi connectivity index (χ0) is 15.0. The number of rotatable bonds is 4. The summed E-state index contributed by atoms with van der Waals surface area (Å²) in [7, 11) is 0. The van der Waals surface area contributed by atoms with E-state index in [2.05, 4.69) is 10.4 Å². The van der Waals surface area contributed by atoms with Crippen LogP contribution in [0.15, 0.2) is 30.5 Å². The normalized spacial score (nSPS) is 15.4. The highest BCUT2D eigenvalue weighted by Gasteiger charge is 2.33. The van der Waals surface area contributed by atoms with Crippen molar-refractivity contribution >= 4 is 0 Å². The van der Waals surface area contributed by atoms with E-state index in [9.17, 15) is 17.6 Å². The van der Waals surface area contributed by atoms with Crippen molar-refractivity contribution in [3.05, 3.63) is 47.5 Å². The number of nitrogens with one attached hydrogen (secondary N) is 1. The monoisotopic (exact) mass is 299 g/mol. The molecule has 112 valence electrons. The second-order valence-electron chi connectivity index (χ2n) is 5.12. The Kier molecular flexibility index (Phi) is 3.44. The first kappa shape index (κ1) is 14.1. The number of halogens is 4. The maximum absolute atomic E-state index is 13.6. The summed E-state index contributed by atoms with van der Waals surface area (Å²) in [5.41, 5.74) is -0.0385. The van der Waals surface area contributed by atoms with Crippen LogP contribution < -0.4 is 5.32 Å². The predicted molar refractivity (Wildman–Crippen MR) is 68.4 cm³/mol. The number of benzene rings is 1. The van der Waals surface area contributed by atoms with E-state index in [1.807, 2.05) is 0 Å². The number of aromatic nitrogens is 2. The minimum atomic E-state index is -4.51. The summed E-state index contributed by atoms with van der Waals surface area (Å²) in [6.45, 7) is 0.489. The maximum Gasteiger partial charge on any atom is 0.435 e. The Hall–Kier alpha value is -1.89. The van der Waals surface area contributed by atoms with E-state index in [-0.39, 0.29) is 5.69 Å². The Balaban J connectivity index is 1.84. The summed E-state index contributed by atoms with van der Waals surface area (Å²) in [6.07, 6.45) is -1.11. The van der Waals surface area contributed by atoms with Crippen molar-refractivity contribution in [3.8, 4) is 5.69 Å². The Labute approximate surface area is 118 Å². The van der Waals surface area contributed by atoms with Crippen molar-refractivity contribution in [1.82, 2.24) is 15.1 Å². The van der Waals surface area contributed by atoms with Gasteiger partial charge in [0.2, 0.25) is 0 Å². The fourth-order valence-electron chi connectivity index (χ4n) is 2.04. The van der Waals surface area contributed by atoms with Gasteiger partial charge in [0.25, 0.3) is 0 Å². The van der Waals surface area contributed by atoms with Gasteiger partial charge in [0.1, 0.15) is 5.82 Å². The molecule has 1 heterocycles. The lowest BCUT2D eigenvalue weighted by Gasteiger charge is -2.08. The largest absolute Gasteiger partial charge is 0.435 e. The molecule has 0 amide bonds. The molecule has 2 aromatic rings. The molecule has 0 radical (unpaired) electrons. The van der Waals surface area contributed by atoms with Crippen molar-refractivity contribution in [2.24, 2.45) is 0 Å². The van der Waals surface area contributed by atoms with Crippen LogP contribution in [-0.4, -0.2) is 15.8 Å². The van der Waals surface area contributed by atoms with Crippen LogP contribution in [0.5, 0.6) is 0 Å². The third-order valence-corrected chi connectivity index (χ3v) is 3.26. The lowest BCUT2D eigenvalue weighted by Crippen LogP contribution is -2.15. The second-order valence-corrected chi connectivity index (χ2v) is 5.12. The molecule has 1 saturated carbocycles. The van der Waals surface area contributed by atoms with Crippen LogP contribution in [0, 0.1) is 5.82 Å². The standard InChI is InChI=1S/C14H13F4N3/c15-10-5-9(8-19-11-1-2-11)6-12(7-10)21-4-3-13(20-21)14(16,17)18/h3-7,11,19H,1-2,8H2. The van der Waals surface area contributed by atoms with Crippen molar-refractivity contribution in [1.29, 1.82) is 0 Å². The average molecular weight is 299 g/mol. The summed E-state index contributed by atoms with van der Waals surface area (Å²) in [5.74, 6) is -0.496. The fraction of sp³-hybridized carbons (Fsp3) is 0.357. The molecule has 1 aliphatic carbocycles. The van der Waals surface area contributed by atoms with E-state index in [4.69, 9.17) is 0 Å². The summed E-state index contributed by atoms with van der Waals surface area (Å²) >= 11 is 0. The van der Waals surface area contributed by atoms with Crippen LogP contribution in [0.3, 0.4) is 0 Å². The Morgan fingerprint density at radius 1 is 1.24 bits per heavy atom. The molecule has 1 aliphatic rings. The van der Waals surface area contributed by atoms with E-state index < -0.39 is 17.7 Å². The van der Waals surface area contributed by atoms with Crippen LogP contribution >= 0.6 is 0 Å². The second kappa shape index (κ2) is 5.14. The molecule has 0 saturated heterocycles. The molecule has 7 heteroatoms.